The summed E-state index contributed by atoms with van der Waals surface area (Å²) in [6, 6.07) is 9.57. The predicted molar refractivity (Wildman–Crippen MR) is 51.2 cm³/mol. The van der Waals surface area contributed by atoms with E-state index < -0.39 is 0 Å². The number of aliphatic hydroxyl groups is 1. The Labute approximate surface area is 77.8 Å². The molecule has 1 rings (SSSR count). The lowest BCUT2D eigenvalue weighted by molar-refractivity contribution is 0.282. The second-order valence-corrected chi connectivity index (χ2v) is 2.84. The molecule has 0 amide bonds. The van der Waals surface area contributed by atoms with Crippen molar-refractivity contribution >= 4 is 5.69 Å². The van der Waals surface area contributed by atoms with E-state index in [1.54, 1.807) is 0 Å². The van der Waals surface area contributed by atoms with Crippen LogP contribution in [0.4, 0.5) is 5.69 Å². The van der Waals surface area contributed by atoms with E-state index in [1.165, 1.54) is 0 Å². The van der Waals surface area contributed by atoms with Crippen molar-refractivity contribution in [2.24, 2.45) is 0 Å². The molecular formula is C10H12N2O. The number of anilines is 1. The first-order valence-electron chi connectivity index (χ1n) is 4.06. The summed E-state index contributed by atoms with van der Waals surface area (Å²) in [5, 5.41) is 17.4. The highest BCUT2D eigenvalue weighted by atomic mass is 16.3. The molecule has 0 radical (unpaired) electrons. The first kappa shape index (κ1) is 9.56. The Morgan fingerprint density at radius 2 is 2.31 bits per heavy atom. The molecule has 0 aliphatic carbocycles. The van der Waals surface area contributed by atoms with Crippen LogP contribution in [0.5, 0.6) is 0 Å². The van der Waals surface area contributed by atoms with E-state index in [0.29, 0.717) is 6.54 Å². The van der Waals surface area contributed by atoms with Crippen molar-refractivity contribution in [3.05, 3.63) is 29.8 Å². The molecule has 0 aliphatic rings. The number of benzene rings is 1. The summed E-state index contributed by atoms with van der Waals surface area (Å²) < 4.78 is 0. The van der Waals surface area contributed by atoms with Gasteiger partial charge in [0.15, 0.2) is 0 Å². The summed E-state index contributed by atoms with van der Waals surface area (Å²) in [5.41, 5.74) is 1.82. The molecule has 0 fully saturated rings. The molecule has 0 aromatic heterocycles. The monoisotopic (exact) mass is 176 g/mol. The number of nitrogens with zero attached hydrogens (tertiary/aromatic N) is 2. The van der Waals surface area contributed by atoms with Gasteiger partial charge in [-0.1, -0.05) is 12.1 Å². The van der Waals surface area contributed by atoms with E-state index in [1.807, 2.05) is 36.2 Å². The van der Waals surface area contributed by atoms with Gasteiger partial charge >= 0.3 is 0 Å². The highest BCUT2D eigenvalue weighted by Crippen LogP contribution is 2.14. The molecule has 0 aliphatic heterocycles. The van der Waals surface area contributed by atoms with Crippen molar-refractivity contribution in [3.8, 4) is 6.07 Å². The topological polar surface area (TPSA) is 47.3 Å². The van der Waals surface area contributed by atoms with Crippen LogP contribution in [0, 0.1) is 11.3 Å². The zero-order valence-corrected chi connectivity index (χ0v) is 7.57. The van der Waals surface area contributed by atoms with Crippen LogP contribution in [0.3, 0.4) is 0 Å². The summed E-state index contributed by atoms with van der Waals surface area (Å²) in [5.74, 6) is 0. The zero-order chi connectivity index (χ0) is 9.68. The summed E-state index contributed by atoms with van der Waals surface area (Å²) in [6.45, 7) is 0.392. The van der Waals surface area contributed by atoms with Gasteiger partial charge in [-0.3, -0.25) is 0 Å². The average Bonchev–Trinajstić information content (AvgIpc) is 2.18. The van der Waals surface area contributed by atoms with Gasteiger partial charge in [0.25, 0.3) is 0 Å². The highest BCUT2D eigenvalue weighted by molar-refractivity contribution is 5.48. The number of hydrogen-bond acceptors (Lipinski definition) is 3. The lowest BCUT2D eigenvalue weighted by Crippen LogP contribution is -2.16. The molecule has 0 heterocycles. The third kappa shape index (κ3) is 2.46. The van der Waals surface area contributed by atoms with Crippen molar-refractivity contribution < 1.29 is 5.11 Å². The second-order valence-electron chi connectivity index (χ2n) is 2.84. The number of nitriles is 1. The maximum Gasteiger partial charge on any atom is 0.105 e. The molecular weight excluding hydrogens is 164 g/mol. The van der Waals surface area contributed by atoms with Crippen LogP contribution in [-0.2, 0) is 6.61 Å². The fourth-order valence-electron chi connectivity index (χ4n) is 1.09. The predicted octanol–water partition coefficient (Wildman–Crippen LogP) is 1.14. The van der Waals surface area contributed by atoms with E-state index >= 15 is 0 Å². The quantitative estimate of drug-likeness (QED) is 0.702. The summed E-state index contributed by atoms with van der Waals surface area (Å²) in [4.78, 5) is 1.83. The number of rotatable bonds is 3. The Kier molecular flexibility index (Phi) is 3.30. The van der Waals surface area contributed by atoms with E-state index in [-0.39, 0.29) is 6.61 Å². The molecule has 13 heavy (non-hydrogen) atoms. The van der Waals surface area contributed by atoms with Crippen molar-refractivity contribution in [2.75, 3.05) is 18.5 Å². The maximum absolute atomic E-state index is 8.89. The molecule has 3 nitrogen and oxygen atoms in total. The number of aliphatic hydroxyl groups excluding tert-OH is 1. The fourth-order valence-corrected chi connectivity index (χ4v) is 1.09. The average molecular weight is 176 g/mol. The second kappa shape index (κ2) is 4.48. The first-order valence-corrected chi connectivity index (χ1v) is 4.06. The maximum atomic E-state index is 8.89. The van der Waals surface area contributed by atoms with Gasteiger partial charge in [-0.2, -0.15) is 5.26 Å². The molecule has 0 saturated heterocycles. The largest absolute Gasteiger partial charge is 0.392 e. The third-order valence-electron chi connectivity index (χ3n) is 1.84. The van der Waals surface area contributed by atoms with Gasteiger partial charge in [0.1, 0.15) is 6.54 Å². The Hall–Kier alpha value is -1.53. The van der Waals surface area contributed by atoms with Gasteiger partial charge in [0.05, 0.1) is 12.7 Å². The molecule has 0 unspecified atom stereocenters. The minimum absolute atomic E-state index is 0.0359. The summed E-state index contributed by atoms with van der Waals surface area (Å²) in [7, 11) is 1.85. The fraction of sp³-hybridized carbons (Fsp3) is 0.300. The standard InChI is InChI=1S/C10H12N2O/c1-12(6-5-11)10-4-2-3-9(7-10)8-13/h2-4,7,13H,6,8H2,1H3. The van der Waals surface area contributed by atoms with E-state index in [9.17, 15) is 0 Å². The van der Waals surface area contributed by atoms with Crippen molar-refractivity contribution in [1.82, 2.24) is 0 Å². The summed E-state index contributed by atoms with van der Waals surface area (Å²) in [6.07, 6.45) is 0. The summed E-state index contributed by atoms with van der Waals surface area (Å²) >= 11 is 0. The SMILES string of the molecule is CN(CC#N)c1cccc(CO)c1. The smallest absolute Gasteiger partial charge is 0.105 e. The van der Waals surface area contributed by atoms with Gasteiger partial charge < -0.3 is 10.0 Å². The molecule has 68 valence electrons. The first-order chi connectivity index (χ1) is 6.27. The van der Waals surface area contributed by atoms with Crippen molar-refractivity contribution in [3.63, 3.8) is 0 Å². The van der Waals surface area contributed by atoms with Crippen LogP contribution in [-0.4, -0.2) is 18.7 Å². The molecule has 1 aromatic carbocycles. The minimum atomic E-state index is 0.0359. The lowest BCUT2D eigenvalue weighted by atomic mass is 10.2. The van der Waals surface area contributed by atoms with Crippen LogP contribution in [0.2, 0.25) is 0 Å². The van der Waals surface area contributed by atoms with Crippen LogP contribution >= 0.6 is 0 Å². The Balaban J connectivity index is 2.83. The van der Waals surface area contributed by atoms with E-state index in [2.05, 4.69) is 6.07 Å². The minimum Gasteiger partial charge on any atom is -0.392 e. The Morgan fingerprint density at radius 3 is 2.92 bits per heavy atom. The van der Waals surface area contributed by atoms with Gasteiger partial charge in [-0.15, -0.1) is 0 Å². The van der Waals surface area contributed by atoms with Crippen LogP contribution < -0.4 is 4.90 Å². The Morgan fingerprint density at radius 1 is 1.54 bits per heavy atom. The zero-order valence-electron chi connectivity index (χ0n) is 7.57. The molecule has 0 spiro atoms. The number of hydrogen-bond donors (Lipinski definition) is 1. The van der Waals surface area contributed by atoms with Gasteiger partial charge in [0, 0.05) is 12.7 Å². The van der Waals surface area contributed by atoms with Crippen LogP contribution in [0.1, 0.15) is 5.56 Å². The molecule has 1 N–H and O–H groups in total. The van der Waals surface area contributed by atoms with E-state index in [4.69, 9.17) is 10.4 Å². The molecule has 1 aromatic rings. The van der Waals surface area contributed by atoms with E-state index in [0.717, 1.165) is 11.3 Å². The van der Waals surface area contributed by atoms with Crippen molar-refractivity contribution in [2.45, 2.75) is 6.61 Å². The van der Waals surface area contributed by atoms with Crippen LogP contribution in [0.15, 0.2) is 24.3 Å². The normalized spacial score (nSPS) is 9.31. The van der Waals surface area contributed by atoms with Crippen molar-refractivity contribution in [1.29, 1.82) is 5.26 Å². The lowest BCUT2D eigenvalue weighted by Gasteiger charge is -2.15. The Bertz CT molecular complexity index is 317. The van der Waals surface area contributed by atoms with Crippen LogP contribution in [0.25, 0.3) is 0 Å². The van der Waals surface area contributed by atoms with Gasteiger partial charge in [-0.25, -0.2) is 0 Å². The molecule has 0 saturated carbocycles. The highest BCUT2D eigenvalue weighted by Gasteiger charge is 1.99. The third-order valence-corrected chi connectivity index (χ3v) is 1.84. The molecule has 0 bridgehead atoms. The molecule has 3 heteroatoms. The van der Waals surface area contributed by atoms with Gasteiger partial charge in [-0.05, 0) is 17.7 Å². The van der Waals surface area contributed by atoms with Gasteiger partial charge in [0.2, 0.25) is 0 Å². The molecule has 0 atom stereocenters.